The Balaban J connectivity index is 2.04. The number of hydrogen-bond acceptors (Lipinski definition) is 4. The molecule has 7 heteroatoms. The molecule has 0 spiro atoms. The van der Waals surface area contributed by atoms with E-state index in [1.54, 1.807) is 31.4 Å². The number of ether oxygens (including phenoxy) is 1. The summed E-state index contributed by atoms with van der Waals surface area (Å²) in [6.45, 7) is 6.25. The van der Waals surface area contributed by atoms with Crippen LogP contribution in [-0.2, 0) is 14.6 Å². The minimum Gasteiger partial charge on any atom is -0.385 e. The fraction of sp³-hybridized carbons (Fsp3) is 0.667. The summed E-state index contributed by atoms with van der Waals surface area (Å²) in [6, 6.07) is 8.44. The van der Waals surface area contributed by atoms with Crippen LogP contribution in [0.1, 0.15) is 46.0 Å². The topological polar surface area (TPSA) is 79.8 Å². The Labute approximate surface area is 170 Å². The highest BCUT2D eigenvalue weighted by Crippen LogP contribution is 2.44. The van der Waals surface area contributed by atoms with Gasteiger partial charge in [0.2, 0.25) is 0 Å². The Morgan fingerprint density at radius 2 is 1.96 bits per heavy atom. The van der Waals surface area contributed by atoms with Gasteiger partial charge in [-0.05, 0) is 50.2 Å². The molecule has 0 radical (unpaired) electrons. The molecule has 1 aromatic rings. The molecule has 2 N–H and O–H groups in total. The normalized spacial score (nSPS) is 17.6. The summed E-state index contributed by atoms with van der Waals surface area (Å²) < 4.78 is 30.7. The molecular formula is C21H35N3O3S. The number of rotatable bonds is 11. The average Bonchev–Trinajstić information content (AvgIpc) is 2.67. The van der Waals surface area contributed by atoms with Crippen LogP contribution in [0, 0.1) is 5.41 Å². The molecule has 0 amide bonds. The number of nitrogens with zero attached hydrogens (tertiary/aromatic N) is 1. The van der Waals surface area contributed by atoms with E-state index in [9.17, 15) is 8.42 Å². The first-order valence-corrected chi connectivity index (χ1v) is 11.9. The van der Waals surface area contributed by atoms with E-state index in [1.165, 1.54) is 19.3 Å². The van der Waals surface area contributed by atoms with Gasteiger partial charge in [0.05, 0.1) is 10.6 Å². The van der Waals surface area contributed by atoms with Gasteiger partial charge in [0.15, 0.2) is 15.8 Å². The summed E-state index contributed by atoms with van der Waals surface area (Å²) in [6.07, 6.45) is 5.32. The Morgan fingerprint density at radius 1 is 1.25 bits per heavy atom. The molecule has 1 atom stereocenters. The lowest BCUT2D eigenvalue weighted by Gasteiger charge is -2.41. The third-order valence-electron chi connectivity index (χ3n) is 5.52. The van der Waals surface area contributed by atoms with Gasteiger partial charge in [0, 0.05) is 32.8 Å². The Bertz CT molecular complexity index is 716. The lowest BCUT2D eigenvalue weighted by atomic mass is 9.67. The van der Waals surface area contributed by atoms with Crippen LogP contribution in [0.5, 0.6) is 0 Å². The molecule has 6 nitrogen and oxygen atoms in total. The first kappa shape index (κ1) is 22.7. The number of guanidine groups is 1. The summed E-state index contributed by atoms with van der Waals surface area (Å²) in [5.74, 6) is 0.744. The van der Waals surface area contributed by atoms with E-state index in [1.807, 2.05) is 19.9 Å². The number of sulfone groups is 1. The van der Waals surface area contributed by atoms with Crippen molar-refractivity contribution in [1.82, 2.24) is 10.6 Å². The highest BCUT2D eigenvalue weighted by atomic mass is 32.2. The van der Waals surface area contributed by atoms with E-state index >= 15 is 0 Å². The van der Waals surface area contributed by atoms with Crippen LogP contribution in [0.15, 0.2) is 40.2 Å². The first-order chi connectivity index (χ1) is 13.4. The van der Waals surface area contributed by atoms with Gasteiger partial charge in [0.25, 0.3) is 0 Å². The maximum absolute atomic E-state index is 12.7. The lowest BCUT2D eigenvalue weighted by Crippen LogP contribution is -2.47. The van der Waals surface area contributed by atoms with E-state index in [2.05, 4.69) is 10.6 Å². The smallest absolute Gasteiger partial charge is 0.191 e. The van der Waals surface area contributed by atoms with Crippen molar-refractivity contribution in [3.8, 4) is 0 Å². The molecule has 1 unspecified atom stereocenters. The molecule has 158 valence electrons. The van der Waals surface area contributed by atoms with Gasteiger partial charge in [-0.25, -0.2) is 8.42 Å². The second-order valence-electron chi connectivity index (χ2n) is 7.64. The van der Waals surface area contributed by atoms with E-state index < -0.39 is 9.84 Å². The zero-order valence-electron chi connectivity index (χ0n) is 17.4. The van der Waals surface area contributed by atoms with Crippen molar-refractivity contribution < 1.29 is 13.2 Å². The Morgan fingerprint density at radius 3 is 2.50 bits per heavy atom. The molecule has 1 aromatic carbocycles. The van der Waals surface area contributed by atoms with Crippen LogP contribution < -0.4 is 10.6 Å². The van der Waals surface area contributed by atoms with E-state index in [4.69, 9.17) is 9.73 Å². The van der Waals surface area contributed by atoms with Gasteiger partial charge >= 0.3 is 0 Å². The van der Waals surface area contributed by atoms with Gasteiger partial charge < -0.3 is 15.4 Å². The highest BCUT2D eigenvalue weighted by Gasteiger charge is 2.36. The van der Waals surface area contributed by atoms with E-state index in [0.29, 0.717) is 17.3 Å². The third-order valence-corrected chi connectivity index (χ3v) is 7.36. The van der Waals surface area contributed by atoms with Gasteiger partial charge in [-0.1, -0.05) is 31.5 Å². The van der Waals surface area contributed by atoms with Gasteiger partial charge in [-0.2, -0.15) is 0 Å². The molecule has 2 rings (SSSR count). The number of nitrogens with one attached hydrogen (secondary N) is 2. The van der Waals surface area contributed by atoms with Crippen molar-refractivity contribution in [2.75, 3.05) is 32.6 Å². The quantitative estimate of drug-likeness (QED) is 0.434. The average molecular weight is 410 g/mol. The minimum atomic E-state index is -3.34. The van der Waals surface area contributed by atoms with Crippen molar-refractivity contribution in [2.45, 2.75) is 56.9 Å². The monoisotopic (exact) mass is 409 g/mol. The largest absolute Gasteiger partial charge is 0.385 e. The summed E-state index contributed by atoms with van der Waals surface area (Å²) >= 11 is 0. The highest BCUT2D eigenvalue weighted by molar-refractivity contribution is 7.91. The molecule has 0 aliphatic heterocycles. The van der Waals surface area contributed by atoms with Gasteiger partial charge in [-0.15, -0.1) is 0 Å². The Kier molecular flexibility index (Phi) is 8.76. The molecule has 1 fully saturated rings. The van der Waals surface area contributed by atoms with Crippen LogP contribution in [0.25, 0.3) is 0 Å². The van der Waals surface area contributed by atoms with Gasteiger partial charge in [-0.3, -0.25) is 4.99 Å². The first-order valence-electron chi connectivity index (χ1n) is 10.3. The van der Waals surface area contributed by atoms with Crippen molar-refractivity contribution >= 4 is 15.8 Å². The summed E-state index contributed by atoms with van der Waals surface area (Å²) in [5, 5.41) is 6.60. The molecule has 0 saturated heterocycles. The Hall–Kier alpha value is -1.60. The second-order valence-corrected chi connectivity index (χ2v) is 9.67. The molecule has 1 aliphatic carbocycles. The van der Waals surface area contributed by atoms with Crippen LogP contribution >= 0.6 is 0 Å². The van der Waals surface area contributed by atoms with Crippen molar-refractivity contribution in [3.63, 3.8) is 0 Å². The van der Waals surface area contributed by atoms with Crippen molar-refractivity contribution in [3.05, 3.63) is 30.3 Å². The van der Waals surface area contributed by atoms with Crippen LogP contribution in [0.2, 0.25) is 0 Å². The van der Waals surface area contributed by atoms with E-state index in [-0.39, 0.29) is 17.2 Å². The predicted molar refractivity (Wildman–Crippen MR) is 114 cm³/mol. The molecule has 0 heterocycles. The fourth-order valence-electron chi connectivity index (χ4n) is 3.49. The van der Waals surface area contributed by atoms with Gasteiger partial charge in [0.1, 0.15) is 0 Å². The zero-order valence-corrected chi connectivity index (χ0v) is 18.2. The lowest BCUT2D eigenvalue weighted by molar-refractivity contribution is 0.0778. The fourth-order valence-corrected chi connectivity index (χ4v) is 5.11. The third kappa shape index (κ3) is 6.48. The van der Waals surface area contributed by atoms with Crippen molar-refractivity contribution in [1.29, 1.82) is 0 Å². The molecule has 1 saturated carbocycles. The van der Waals surface area contributed by atoms with Crippen LogP contribution in [-0.4, -0.2) is 53.0 Å². The van der Waals surface area contributed by atoms with Crippen LogP contribution in [0.3, 0.4) is 0 Å². The molecular weight excluding hydrogens is 374 g/mol. The summed E-state index contributed by atoms with van der Waals surface area (Å²) in [7, 11) is -1.61. The van der Waals surface area contributed by atoms with Crippen LogP contribution in [0.4, 0.5) is 0 Å². The predicted octanol–water partition coefficient (Wildman–Crippen LogP) is 3.00. The summed E-state index contributed by atoms with van der Waals surface area (Å²) in [4.78, 5) is 5.16. The van der Waals surface area contributed by atoms with Crippen molar-refractivity contribution in [2.24, 2.45) is 10.4 Å². The minimum absolute atomic E-state index is 0.0484. The SMILES string of the molecule is CCNC(=NCC1(CCOC)CCC1)NC(CC)CS(=O)(=O)c1ccccc1. The second kappa shape index (κ2) is 10.8. The number of methoxy groups -OCH3 is 1. The standard InChI is InChI=1S/C21H35N3O3S/c1-4-18(16-28(25,26)19-10-7-6-8-11-19)24-20(22-5-2)23-17-21(12-9-13-21)14-15-27-3/h6-8,10-11,18H,4-5,9,12-17H2,1-3H3,(H2,22,23,24). The maximum atomic E-state index is 12.7. The molecule has 0 bridgehead atoms. The zero-order chi connectivity index (χ0) is 20.5. The molecule has 28 heavy (non-hydrogen) atoms. The number of benzene rings is 1. The number of hydrogen-bond donors (Lipinski definition) is 2. The molecule has 1 aliphatic rings. The van der Waals surface area contributed by atoms with E-state index in [0.717, 1.165) is 26.1 Å². The maximum Gasteiger partial charge on any atom is 0.191 e. The number of aliphatic imine (C=N–C) groups is 1. The molecule has 0 aromatic heterocycles. The summed E-state index contributed by atoms with van der Waals surface area (Å²) in [5.41, 5.74) is 0.232.